The maximum Gasteiger partial charge on any atom is 0.248 e. The molecule has 74 valence electrons. The fourth-order valence-corrected chi connectivity index (χ4v) is 1.67. The minimum Gasteiger partial charge on any atom is -0.359 e. The van der Waals surface area contributed by atoms with Gasteiger partial charge in [0.1, 0.15) is 0 Å². The summed E-state index contributed by atoms with van der Waals surface area (Å²) in [6.07, 6.45) is 1.87. The standard InChI is InChI=1S/C10H12N2O2/c1-3-7-5-9-10(6-8(7)4-2)12(13)14-11-9/h5-6H,3-4H2,1-2H3. The number of fused-ring (bicyclic) bond motifs is 1. The van der Waals surface area contributed by atoms with E-state index < -0.39 is 0 Å². The molecule has 4 nitrogen and oxygen atoms in total. The molecule has 0 aliphatic heterocycles. The zero-order valence-corrected chi connectivity index (χ0v) is 8.28. The van der Waals surface area contributed by atoms with Gasteiger partial charge in [-0.1, -0.05) is 13.8 Å². The Morgan fingerprint density at radius 2 is 1.93 bits per heavy atom. The highest BCUT2D eigenvalue weighted by Gasteiger charge is 2.12. The topological polar surface area (TPSA) is 53.0 Å². The van der Waals surface area contributed by atoms with Crippen LogP contribution in [0.25, 0.3) is 11.0 Å². The number of rotatable bonds is 2. The zero-order valence-electron chi connectivity index (χ0n) is 8.28. The predicted octanol–water partition coefficient (Wildman–Crippen LogP) is 1.59. The van der Waals surface area contributed by atoms with Gasteiger partial charge in [-0.25, -0.2) is 0 Å². The molecule has 0 N–H and O–H groups in total. The summed E-state index contributed by atoms with van der Waals surface area (Å²) in [5, 5.41) is 14.8. The van der Waals surface area contributed by atoms with Crippen LogP contribution in [0.5, 0.6) is 0 Å². The number of nitrogens with zero attached hydrogens (tertiary/aromatic N) is 2. The van der Waals surface area contributed by atoms with Crippen molar-refractivity contribution in [2.75, 3.05) is 0 Å². The van der Waals surface area contributed by atoms with Crippen LogP contribution < -0.4 is 4.90 Å². The summed E-state index contributed by atoms with van der Waals surface area (Å²) in [7, 11) is 0. The van der Waals surface area contributed by atoms with Gasteiger partial charge in [-0.3, -0.25) is 4.63 Å². The number of aromatic nitrogens is 2. The van der Waals surface area contributed by atoms with Gasteiger partial charge in [0.15, 0.2) is 0 Å². The first kappa shape index (κ1) is 8.99. The summed E-state index contributed by atoms with van der Waals surface area (Å²) in [6.45, 7) is 4.16. The Morgan fingerprint density at radius 3 is 2.57 bits per heavy atom. The van der Waals surface area contributed by atoms with E-state index >= 15 is 0 Å². The quantitative estimate of drug-likeness (QED) is 0.679. The normalized spacial score (nSPS) is 11.0. The summed E-state index contributed by atoms with van der Waals surface area (Å²) < 4.78 is 4.53. The van der Waals surface area contributed by atoms with E-state index in [4.69, 9.17) is 0 Å². The SMILES string of the molecule is CCc1cc2no[n+]([O-])c2cc1CC. The minimum atomic E-state index is 0.452. The summed E-state index contributed by atoms with van der Waals surface area (Å²) in [5.74, 6) is 0. The van der Waals surface area contributed by atoms with Crippen LogP contribution in [-0.4, -0.2) is 5.16 Å². The fraction of sp³-hybridized carbons (Fsp3) is 0.400. The third-order valence-electron chi connectivity index (χ3n) is 2.47. The summed E-state index contributed by atoms with van der Waals surface area (Å²) in [5.41, 5.74) is 3.56. The molecule has 0 aliphatic carbocycles. The van der Waals surface area contributed by atoms with E-state index in [-0.39, 0.29) is 0 Å². The second-order valence-electron chi connectivity index (χ2n) is 3.25. The smallest absolute Gasteiger partial charge is 0.248 e. The molecule has 2 aromatic rings. The molecule has 1 aromatic carbocycles. The first-order valence-corrected chi connectivity index (χ1v) is 4.77. The fourth-order valence-electron chi connectivity index (χ4n) is 1.67. The van der Waals surface area contributed by atoms with Crippen LogP contribution >= 0.6 is 0 Å². The highest BCUT2D eigenvalue weighted by molar-refractivity contribution is 5.72. The first-order valence-electron chi connectivity index (χ1n) is 4.77. The van der Waals surface area contributed by atoms with Crippen LogP contribution in [0.1, 0.15) is 25.0 Å². The third kappa shape index (κ3) is 1.23. The predicted molar refractivity (Wildman–Crippen MR) is 51.7 cm³/mol. The molecule has 0 aliphatic rings. The number of aryl methyl sites for hydroxylation is 2. The van der Waals surface area contributed by atoms with Crippen LogP contribution in [0.2, 0.25) is 0 Å². The molecule has 0 saturated heterocycles. The van der Waals surface area contributed by atoms with Gasteiger partial charge in [-0.2, -0.15) is 0 Å². The van der Waals surface area contributed by atoms with Crippen molar-refractivity contribution in [1.82, 2.24) is 5.16 Å². The van der Waals surface area contributed by atoms with E-state index in [1.54, 1.807) is 0 Å². The van der Waals surface area contributed by atoms with Crippen molar-refractivity contribution in [2.45, 2.75) is 26.7 Å². The van der Waals surface area contributed by atoms with Crippen molar-refractivity contribution in [2.24, 2.45) is 0 Å². The highest BCUT2D eigenvalue weighted by Crippen LogP contribution is 2.17. The Labute approximate surface area is 81.7 Å². The lowest BCUT2D eigenvalue weighted by Crippen LogP contribution is -2.22. The lowest BCUT2D eigenvalue weighted by molar-refractivity contribution is -0.782. The molecule has 4 heteroatoms. The van der Waals surface area contributed by atoms with Crippen LogP contribution in [0.3, 0.4) is 0 Å². The van der Waals surface area contributed by atoms with Crippen molar-refractivity contribution < 1.29 is 9.53 Å². The van der Waals surface area contributed by atoms with Crippen LogP contribution in [-0.2, 0) is 12.8 Å². The average Bonchev–Trinajstić information content (AvgIpc) is 2.58. The Balaban J connectivity index is 2.71. The van der Waals surface area contributed by atoms with Crippen molar-refractivity contribution in [1.29, 1.82) is 0 Å². The monoisotopic (exact) mass is 192 g/mol. The molecular weight excluding hydrogens is 180 g/mol. The molecule has 0 saturated carbocycles. The van der Waals surface area contributed by atoms with Crippen molar-refractivity contribution >= 4 is 11.0 Å². The Hall–Kier alpha value is -1.58. The largest absolute Gasteiger partial charge is 0.359 e. The molecule has 0 bridgehead atoms. The van der Waals surface area contributed by atoms with Crippen molar-refractivity contribution in [3.8, 4) is 0 Å². The highest BCUT2D eigenvalue weighted by atomic mass is 16.8. The molecule has 2 rings (SSSR count). The van der Waals surface area contributed by atoms with E-state index in [9.17, 15) is 5.21 Å². The molecule has 0 fully saturated rings. The van der Waals surface area contributed by atoms with Gasteiger partial charge >= 0.3 is 0 Å². The first-order chi connectivity index (χ1) is 6.76. The molecule has 0 unspecified atom stereocenters. The van der Waals surface area contributed by atoms with Gasteiger partial charge in [0, 0.05) is 5.16 Å². The number of hydrogen-bond donors (Lipinski definition) is 0. The van der Waals surface area contributed by atoms with Gasteiger partial charge in [-0.15, -0.1) is 0 Å². The van der Waals surface area contributed by atoms with E-state index in [1.807, 2.05) is 12.1 Å². The molecule has 14 heavy (non-hydrogen) atoms. The molecule has 0 radical (unpaired) electrons. The Morgan fingerprint density at radius 1 is 1.29 bits per heavy atom. The molecule has 0 amide bonds. The average molecular weight is 192 g/mol. The van der Waals surface area contributed by atoms with E-state index in [1.165, 1.54) is 11.1 Å². The molecular formula is C10H12N2O2. The number of benzene rings is 1. The Bertz CT molecular complexity index is 462. The van der Waals surface area contributed by atoms with Gasteiger partial charge in [0.2, 0.25) is 11.0 Å². The zero-order chi connectivity index (χ0) is 10.1. The second-order valence-corrected chi connectivity index (χ2v) is 3.25. The molecule has 0 atom stereocenters. The maximum absolute atomic E-state index is 11.1. The third-order valence-corrected chi connectivity index (χ3v) is 2.47. The van der Waals surface area contributed by atoms with Gasteiger partial charge in [0.05, 0.1) is 0 Å². The van der Waals surface area contributed by atoms with Crippen molar-refractivity contribution in [3.05, 3.63) is 28.5 Å². The summed E-state index contributed by atoms with van der Waals surface area (Å²) in [6, 6.07) is 3.78. The van der Waals surface area contributed by atoms with Crippen LogP contribution in [0.4, 0.5) is 0 Å². The van der Waals surface area contributed by atoms with Crippen molar-refractivity contribution in [3.63, 3.8) is 0 Å². The number of hydrogen-bond acceptors (Lipinski definition) is 3. The molecule has 1 aromatic heterocycles. The van der Waals surface area contributed by atoms with Gasteiger partial charge < -0.3 is 5.21 Å². The van der Waals surface area contributed by atoms with E-state index in [0.29, 0.717) is 15.9 Å². The van der Waals surface area contributed by atoms with Gasteiger partial charge in [0.25, 0.3) is 0 Å². The van der Waals surface area contributed by atoms with E-state index in [0.717, 1.165) is 12.8 Å². The Kier molecular flexibility index (Phi) is 2.11. The minimum absolute atomic E-state index is 0.452. The lowest BCUT2D eigenvalue weighted by atomic mass is 10.0. The lowest BCUT2D eigenvalue weighted by Gasteiger charge is -2.02. The molecule has 1 heterocycles. The summed E-state index contributed by atoms with van der Waals surface area (Å²) in [4.78, 5) is 0.452. The van der Waals surface area contributed by atoms with E-state index in [2.05, 4.69) is 23.6 Å². The molecule has 0 spiro atoms. The maximum atomic E-state index is 11.1. The van der Waals surface area contributed by atoms with Crippen LogP contribution in [0, 0.1) is 5.21 Å². The van der Waals surface area contributed by atoms with Crippen LogP contribution in [0.15, 0.2) is 16.8 Å². The second kappa shape index (κ2) is 3.29. The van der Waals surface area contributed by atoms with Gasteiger partial charge in [-0.05, 0) is 41.0 Å². The summed E-state index contributed by atoms with van der Waals surface area (Å²) >= 11 is 0.